The molecule has 0 aromatic carbocycles. The van der Waals surface area contributed by atoms with E-state index in [0.29, 0.717) is 18.2 Å². The third-order valence-corrected chi connectivity index (χ3v) is 5.32. The summed E-state index contributed by atoms with van der Waals surface area (Å²) in [6, 6.07) is 0.668. The lowest BCUT2D eigenvalue weighted by atomic mass is 9.91. The van der Waals surface area contributed by atoms with Crippen LogP contribution in [0.3, 0.4) is 0 Å². The Morgan fingerprint density at radius 1 is 1.20 bits per heavy atom. The number of ether oxygens (including phenoxy) is 1. The number of hydrogen-bond acceptors (Lipinski definition) is 4. The van der Waals surface area contributed by atoms with Crippen molar-refractivity contribution in [1.29, 1.82) is 0 Å². The van der Waals surface area contributed by atoms with Crippen LogP contribution < -0.4 is 5.32 Å². The second-order valence-corrected chi connectivity index (χ2v) is 7.03. The van der Waals surface area contributed by atoms with E-state index >= 15 is 0 Å². The number of aliphatic hydroxyl groups is 1. The number of morpholine rings is 1. The van der Waals surface area contributed by atoms with Gasteiger partial charge >= 0.3 is 0 Å². The van der Waals surface area contributed by atoms with Crippen LogP contribution >= 0.6 is 0 Å². The lowest BCUT2D eigenvalue weighted by molar-refractivity contribution is -0.0392. The summed E-state index contributed by atoms with van der Waals surface area (Å²) in [5.74, 6) is 0. The van der Waals surface area contributed by atoms with Crippen LogP contribution in [0.4, 0.5) is 0 Å². The Hall–Kier alpha value is -0.160. The SMILES string of the molecule is CCC(CO)(CCCN1CC2CCC(C1)O2)NC1CC1. The molecule has 3 atom stereocenters. The highest BCUT2D eigenvalue weighted by atomic mass is 16.5. The van der Waals surface area contributed by atoms with Gasteiger partial charge in [-0.15, -0.1) is 0 Å². The zero-order valence-electron chi connectivity index (χ0n) is 12.8. The lowest BCUT2D eigenvalue weighted by Crippen LogP contribution is -2.50. The number of likely N-dealkylation sites (tertiary alicyclic amines) is 1. The van der Waals surface area contributed by atoms with E-state index in [-0.39, 0.29) is 12.1 Å². The maximum Gasteiger partial charge on any atom is 0.0707 e. The molecule has 2 N–H and O–H groups in total. The van der Waals surface area contributed by atoms with Crippen molar-refractivity contribution in [3.8, 4) is 0 Å². The molecule has 20 heavy (non-hydrogen) atoms. The van der Waals surface area contributed by atoms with Crippen LogP contribution in [0.5, 0.6) is 0 Å². The van der Waals surface area contributed by atoms with E-state index in [9.17, 15) is 5.11 Å². The van der Waals surface area contributed by atoms with Gasteiger partial charge in [0.05, 0.1) is 18.8 Å². The van der Waals surface area contributed by atoms with Crippen LogP contribution in [0.15, 0.2) is 0 Å². The smallest absolute Gasteiger partial charge is 0.0707 e. The van der Waals surface area contributed by atoms with Gasteiger partial charge < -0.3 is 15.2 Å². The van der Waals surface area contributed by atoms with Crippen LogP contribution in [-0.4, -0.2) is 60.0 Å². The van der Waals surface area contributed by atoms with Gasteiger partial charge in [0.15, 0.2) is 0 Å². The summed E-state index contributed by atoms with van der Waals surface area (Å²) >= 11 is 0. The molecule has 3 rings (SSSR count). The first kappa shape index (κ1) is 14.8. The number of hydrogen-bond donors (Lipinski definition) is 2. The van der Waals surface area contributed by atoms with Gasteiger partial charge in [-0.2, -0.15) is 0 Å². The van der Waals surface area contributed by atoms with E-state index in [0.717, 1.165) is 32.5 Å². The zero-order valence-corrected chi connectivity index (χ0v) is 12.8. The van der Waals surface area contributed by atoms with E-state index in [2.05, 4.69) is 17.1 Å². The van der Waals surface area contributed by atoms with Crippen LogP contribution in [0.2, 0.25) is 0 Å². The molecule has 2 bridgehead atoms. The number of nitrogens with zero attached hydrogens (tertiary/aromatic N) is 1. The molecule has 1 aliphatic carbocycles. The highest BCUT2D eigenvalue weighted by molar-refractivity contribution is 4.94. The van der Waals surface area contributed by atoms with Gasteiger partial charge in [0, 0.05) is 24.7 Å². The van der Waals surface area contributed by atoms with E-state index < -0.39 is 0 Å². The van der Waals surface area contributed by atoms with E-state index in [1.807, 2.05) is 0 Å². The Morgan fingerprint density at radius 2 is 1.90 bits per heavy atom. The molecule has 3 fully saturated rings. The van der Waals surface area contributed by atoms with Crippen LogP contribution in [0, 0.1) is 0 Å². The van der Waals surface area contributed by atoms with Crippen molar-refractivity contribution in [2.24, 2.45) is 0 Å². The molecule has 3 aliphatic rings. The minimum Gasteiger partial charge on any atom is -0.394 e. The van der Waals surface area contributed by atoms with Crippen molar-refractivity contribution < 1.29 is 9.84 Å². The molecule has 1 saturated carbocycles. The fraction of sp³-hybridized carbons (Fsp3) is 1.00. The number of aliphatic hydroxyl groups excluding tert-OH is 1. The molecule has 3 unspecified atom stereocenters. The minimum absolute atomic E-state index is 0.0353. The predicted octanol–water partition coefficient (Wildman–Crippen LogP) is 1.52. The fourth-order valence-corrected chi connectivity index (χ4v) is 3.77. The highest BCUT2D eigenvalue weighted by Gasteiger charge is 2.36. The third kappa shape index (κ3) is 3.53. The second kappa shape index (κ2) is 6.30. The molecule has 2 saturated heterocycles. The zero-order chi connectivity index (χ0) is 14.0. The first-order valence-electron chi connectivity index (χ1n) is 8.49. The van der Waals surface area contributed by atoms with Gasteiger partial charge in [0.2, 0.25) is 0 Å². The van der Waals surface area contributed by atoms with Crippen LogP contribution in [0.25, 0.3) is 0 Å². The molecule has 4 heteroatoms. The Bertz CT molecular complexity index is 304. The second-order valence-electron chi connectivity index (χ2n) is 7.03. The molecular weight excluding hydrogens is 252 g/mol. The summed E-state index contributed by atoms with van der Waals surface area (Å²) in [4.78, 5) is 2.57. The van der Waals surface area contributed by atoms with Gasteiger partial charge in [0.25, 0.3) is 0 Å². The van der Waals surface area contributed by atoms with Crippen molar-refractivity contribution in [1.82, 2.24) is 10.2 Å². The van der Waals surface area contributed by atoms with E-state index in [1.165, 1.54) is 32.1 Å². The Balaban J connectivity index is 1.43. The maximum absolute atomic E-state index is 9.79. The van der Waals surface area contributed by atoms with Crippen LogP contribution in [0.1, 0.15) is 51.9 Å². The van der Waals surface area contributed by atoms with Crippen molar-refractivity contribution in [2.75, 3.05) is 26.2 Å². The van der Waals surface area contributed by atoms with Gasteiger partial charge in [-0.05, 0) is 51.5 Å². The molecule has 2 aliphatic heterocycles. The van der Waals surface area contributed by atoms with E-state index in [4.69, 9.17) is 4.74 Å². The third-order valence-electron chi connectivity index (χ3n) is 5.32. The van der Waals surface area contributed by atoms with Gasteiger partial charge in [-0.25, -0.2) is 0 Å². The number of nitrogens with one attached hydrogen (secondary N) is 1. The van der Waals surface area contributed by atoms with Crippen molar-refractivity contribution in [2.45, 2.75) is 75.7 Å². The Labute approximate surface area is 122 Å². The molecule has 0 aromatic rings. The van der Waals surface area contributed by atoms with Crippen molar-refractivity contribution >= 4 is 0 Å². The average molecular weight is 282 g/mol. The molecule has 0 spiro atoms. The summed E-state index contributed by atoms with van der Waals surface area (Å²) in [6.07, 6.45) is 9.34. The molecule has 2 heterocycles. The first-order valence-corrected chi connectivity index (χ1v) is 8.49. The Morgan fingerprint density at radius 3 is 2.45 bits per heavy atom. The van der Waals surface area contributed by atoms with Crippen LogP contribution in [-0.2, 0) is 4.74 Å². The predicted molar refractivity (Wildman–Crippen MR) is 79.8 cm³/mol. The monoisotopic (exact) mass is 282 g/mol. The average Bonchev–Trinajstić information content (AvgIpc) is 3.21. The summed E-state index contributed by atoms with van der Waals surface area (Å²) in [6.45, 7) is 5.86. The molecule has 4 nitrogen and oxygen atoms in total. The van der Waals surface area contributed by atoms with Gasteiger partial charge in [-0.1, -0.05) is 6.92 Å². The van der Waals surface area contributed by atoms with Crippen molar-refractivity contribution in [3.63, 3.8) is 0 Å². The topological polar surface area (TPSA) is 44.7 Å². The van der Waals surface area contributed by atoms with Gasteiger partial charge in [-0.3, -0.25) is 4.90 Å². The summed E-state index contributed by atoms with van der Waals surface area (Å²) in [5, 5.41) is 13.5. The molecule has 0 radical (unpaired) electrons. The standard InChI is InChI=1S/C16H30N2O2/c1-2-16(12-19,17-13-4-5-13)8-3-9-18-10-14-6-7-15(11-18)20-14/h13-15,17,19H,2-12H2,1H3. The first-order chi connectivity index (χ1) is 9.73. The van der Waals surface area contributed by atoms with E-state index in [1.54, 1.807) is 0 Å². The quantitative estimate of drug-likeness (QED) is 0.708. The summed E-state index contributed by atoms with van der Waals surface area (Å²) in [5.41, 5.74) is -0.0353. The highest BCUT2D eigenvalue weighted by Crippen LogP contribution is 2.28. The summed E-state index contributed by atoms with van der Waals surface area (Å²) < 4.78 is 5.88. The molecule has 116 valence electrons. The molecular formula is C16H30N2O2. The number of fused-ring (bicyclic) bond motifs is 2. The van der Waals surface area contributed by atoms with Crippen molar-refractivity contribution in [3.05, 3.63) is 0 Å². The normalized spacial score (nSPS) is 33.3. The fourth-order valence-electron chi connectivity index (χ4n) is 3.77. The lowest BCUT2D eigenvalue weighted by Gasteiger charge is -2.35. The maximum atomic E-state index is 9.79. The molecule has 0 amide bonds. The summed E-state index contributed by atoms with van der Waals surface area (Å²) in [7, 11) is 0. The van der Waals surface area contributed by atoms with Gasteiger partial charge in [0.1, 0.15) is 0 Å². The minimum atomic E-state index is -0.0353. The number of rotatable bonds is 8. The largest absolute Gasteiger partial charge is 0.394 e. The molecule has 0 aromatic heterocycles. The Kier molecular flexibility index (Phi) is 4.65.